The van der Waals surface area contributed by atoms with Crippen molar-refractivity contribution in [3.8, 4) is 0 Å². The maximum atomic E-state index is 13.1. The van der Waals surface area contributed by atoms with Crippen molar-refractivity contribution in [1.29, 1.82) is 0 Å². The molecule has 6 unspecified atom stereocenters. The van der Waals surface area contributed by atoms with Crippen LogP contribution in [0.25, 0.3) is 0 Å². The second-order valence-electron chi connectivity index (χ2n) is 21.4. The van der Waals surface area contributed by atoms with Crippen LogP contribution < -0.4 is 0 Å². The second-order valence-corrected chi connectivity index (χ2v) is 21.4. The first-order valence-corrected chi connectivity index (χ1v) is 31.0. The van der Waals surface area contributed by atoms with Crippen LogP contribution in [-0.2, 0) is 42.9 Å². The molecule has 12 nitrogen and oxygen atoms in total. The van der Waals surface area contributed by atoms with E-state index in [2.05, 4.69) is 57.2 Å². The van der Waals surface area contributed by atoms with Gasteiger partial charge in [-0.3, -0.25) is 14.4 Å². The lowest BCUT2D eigenvalue weighted by molar-refractivity contribution is -0.301. The third-order valence-corrected chi connectivity index (χ3v) is 14.2. The summed E-state index contributed by atoms with van der Waals surface area (Å²) in [4.78, 5) is 51.1. The molecule has 6 atom stereocenters. The van der Waals surface area contributed by atoms with E-state index in [-0.39, 0.29) is 25.9 Å². The fourth-order valence-corrected chi connectivity index (χ4v) is 9.44. The molecular weight excluding hydrogens is 949 g/mol. The highest BCUT2D eigenvalue weighted by molar-refractivity contribution is 5.74. The zero-order valence-corrected chi connectivity index (χ0v) is 48.1. The molecule has 0 amide bonds. The Morgan fingerprint density at radius 1 is 0.440 bits per heavy atom. The number of esters is 3. The van der Waals surface area contributed by atoms with Crippen molar-refractivity contribution in [3.63, 3.8) is 0 Å². The minimum absolute atomic E-state index is 0.0495. The van der Waals surface area contributed by atoms with Crippen molar-refractivity contribution in [1.82, 2.24) is 0 Å². The summed E-state index contributed by atoms with van der Waals surface area (Å²) < 4.78 is 28.5. The number of aliphatic carboxylic acids is 1. The Hall–Kier alpha value is -3.06. The number of rotatable bonds is 53. The Balaban J connectivity index is 2.64. The zero-order chi connectivity index (χ0) is 54.7. The number of hydrogen-bond donors (Lipinski definition) is 3. The average Bonchev–Trinajstić information content (AvgIpc) is 3.39. The van der Waals surface area contributed by atoms with Crippen LogP contribution in [-0.4, -0.2) is 89.2 Å². The van der Waals surface area contributed by atoms with Gasteiger partial charge >= 0.3 is 23.9 Å². The molecule has 0 spiro atoms. The van der Waals surface area contributed by atoms with Gasteiger partial charge in [-0.1, -0.05) is 250 Å². The van der Waals surface area contributed by atoms with Crippen LogP contribution in [0.4, 0.5) is 0 Å². The van der Waals surface area contributed by atoms with Crippen molar-refractivity contribution >= 4 is 23.9 Å². The molecule has 0 aromatic rings. The van der Waals surface area contributed by atoms with Crippen molar-refractivity contribution in [2.75, 3.05) is 13.2 Å². The molecule has 1 rings (SSSR count). The minimum Gasteiger partial charge on any atom is -0.479 e. The van der Waals surface area contributed by atoms with Gasteiger partial charge in [0.05, 0.1) is 6.61 Å². The number of hydrogen-bond acceptors (Lipinski definition) is 11. The topological polar surface area (TPSA) is 175 Å². The summed E-state index contributed by atoms with van der Waals surface area (Å²) in [5, 5.41) is 31.5. The molecule has 0 saturated carbocycles. The van der Waals surface area contributed by atoms with Gasteiger partial charge in [0.2, 0.25) is 0 Å². The van der Waals surface area contributed by atoms with Gasteiger partial charge in [-0.25, -0.2) is 4.79 Å². The Kier molecular flexibility index (Phi) is 48.2. The van der Waals surface area contributed by atoms with Gasteiger partial charge in [-0.05, 0) is 57.8 Å². The molecule has 1 heterocycles. The highest BCUT2D eigenvalue weighted by Crippen LogP contribution is 2.27. The first-order chi connectivity index (χ1) is 36.6. The Bertz CT molecular complexity index is 1450. The molecule has 0 bridgehead atoms. The minimum atomic E-state index is -1.90. The molecule has 0 aromatic heterocycles. The maximum Gasteiger partial charge on any atom is 0.335 e. The van der Waals surface area contributed by atoms with E-state index in [0.29, 0.717) is 19.3 Å². The Labute approximate surface area is 457 Å². The molecule has 1 aliphatic heterocycles. The summed E-state index contributed by atoms with van der Waals surface area (Å²) in [5.74, 6) is -3.11. The number of carbonyl (C=O) groups excluding carboxylic acids is 3. The summed E-state index contributed by atoms with van der Waals surface area (Å²) in [6, 6.07) is 0. The van der Waals surface area contributed by atoms with E-state index in [1.807, 2.05) is 0 Å². The van der Waals surface area contributed by atoms with Crippen LogP contribution in [0.1, 0.15) is 290 Å². The van der Waals surface area contributed by atoms with Crippen molar-refractivity contribution < 1.29 is 58.2 Å². The van der Waals surface area contributed by atoms with Crippen LogP contribution in [0, 0.1) is 0 Å². The monoisotopic (exact) mass is 1060 g/mol. The molecule has 12 heteroatoms. The third-order valence-electron chi connectivity index (χ3n) is 14.2. The highest BCUT2D eigenvalue weighted by atomic mass is 16.7. The quantitative estimate of drug-likeness (QED) is 0.0228. The fraction of sp³-hybridized carbons (Fsp3) is 0.841. The molecule has 0 aliphatic carbocycles. The van der Waals surface area contributed by atoms with Crippen LogP contribution in [0.2, 0.25) is 0 Å². The molecule has 0 aromatic carbocycles. The molecule has 1 fully saturated rings. The Morgan fingerprint density at radius 3 is 1.24 bits per heavy atom. The number of unbranched alkanes of at least 4 members (excludes halogenated alkanes) is 33. The Morgan fingerprint density at radius 2 is 0.800 bits per heavy atom. The van der Waals surface area contributed by atoms with Crippen molar-refractivity contribution in [2.24, 2.45) is 0 Å². The lowest BCUT2D eigenvalue weighted by Gasteiger charge is -2.40. The molecule has 75 heavy (non-hydrogen) atoms. The van der Waals surface area contributed by atoms with E-state index >= 15 is 0 Å². The van der Waals surface area contributed by atoms with E-state index in [1.165, 1.54) is 141 Å². The molecule has 3 N–H and O–H groups in total. The van der Waals surface area contributed by atoms with Crippen LogP contribution in [0.3, 0.4) is 0 Å². The summed E-state index contributed by atoms with van der Waals surface area (Å²) in [5.41, 5.74) is 0. The SMILES string of the molecule is CCCCC/C=C\C/C=C\C/C=C\CCCCCCCCC(=O)OC1C(OCC(COC(=O)CCCCCCCCCCCCCCCCC)OC(=O)CCCCCCCCCCCCC)OC(C(=O)O)C(O)C1O. The summed E-state index contributed by atoms with van der Waals surface area (Å²) in [6.07, 6.45) is 48.2. The van der Waals surface area contributed by atoms with Crippen LogP contribution >= 0.6 is 0 Å². The second kappa shape index (κ2) is 51.7. The van der Waals surface area contributed by atoms with E-state index in [9.17, 15) is 34.5 Å². The normalized spacial score (nSPS) is 18.3. The molecule has 1 aliphatic rings. The molecule has 0 radical (unpaired) electrons. The first-order valence-electron chi connectivity index (χ1n) is 31.0. The van der Waals surface area contributed by atoms with Gasteiger partial charge in [0.15, 0.2) is 24.6 Å². The van der Waals surface area contributed by atoms with E-state index in [1.54, 1.807) is 0 Å². The standard InChI is InChI=1S/C63H112O12/c1-4-7-10-13-16-19-22-24-26-27-28-29-31-33-36-39-42-45-48-51-57(66)74-61-59(68)58(67)60(62(69)70)75-63(61)72-53-54(73-56(65)50-47-44-41-38-34-21-18-15-12-9-6-3)52-71-55(64)49-46-43-40-37-35-32-30-25-23-20-17-14-11-8-5-2/h16,19,24,26,28-29,54,58-61,63,67-68H,4-15,17-18,20-23,25,27,30-53H2,1-3H3,(H,69,70)/b19-16-,26-24-,29-28-. The lowest BCUT2D eigenvalue weighted by atomic mass is 9.98. The smallest absolute Gasteiger partial charge is 0.335 e. The lowest BCUT2D eigenvalue weighted by Crippen LogP contribution is -2.61. The fourth-order valence-electron chi connectivity index (χ4n) is 9.44. The number of carboxylic acids is 1. The zero-order valence-electron chi connectivity index (χ0n) is 48.1. The largest absolute Gasteiger partial charge is 0.479 e. The predicted molar refractivity (Wildman–Crippen MR) is 303 cm³/mol. The summed E-state index contributed by atoms with van der Waals surface area (Å²) >= 11 is 0. The van der Waals surface area contributed by atoms with E-state index < -0.39 is 67.3 Å². The number of carbonyl (C=O) groups is 4. The van der Waals surface area contributed by atoms with Gasteiger partial charge in [-0.15, -0.1) is 0 Å². The number of ether oxygens (including phenoxy) is 5. The third kappa shape index (κ3) is 41.7. The number of aliphatic hydroxyl groups is 2. The van der Waals surface area contributed by atoms with Gasteiger partial charge in [0, 0.05) is 19.3 Å². The van der Waals surface area contributed by atoms with Gasteiger partial charge in [-0.2, -0.15) is 0 Å². The van der Waals surface area contributed by atoms with Crippen LogP contribution in [0.5, 0.6) is 0 Å². The maximum absolute atomic E-state index is 13.1. The van der Waals surface area contributed by atoms with Gasteiger partial charge in [0.1, 0.15) is 18.8 Å². The van der Waals surface area contributed by atoms with Gasteiger partial charge < -0.3 is 39.0 Å². The van der Waals surface area contributed by atoms with E-state index in [0.717, 1.165) is 89.9 Å². The molecular formula is C63H112O12. The molecule has 1 saturated heterocycles. The number of carboxylic acid groups (broad SMARTS) is 1. The summed E-state index contributed by atoms with van der Waals surface area (Å²) in [7, 11) is 0. The van der Waals surface area contributed by atoms with E-state index in [4.69, 9.17) is 23.7 Å². The van der Waals surface area contributed by atoms with Crippen LogP contribution in [0.15, 0.2) is 36.5 Å². The predicted octanol–water partition coefficient (Wildman–Crippen LogP) is 16.0. The average molecular weight is 1060 g/mol. The highest BCUT2D eigenvalue weighted by Gasteiger charge is 2.50. The van der Waals surface area contributed by atoms with Crippen molar-refractivity contribution in [3.05, 3.63) is 36.5 Å². The molecule has 436 valence electrons. The first kappa shape index (κ1) is 70.0. The van der Waals surface area contributed by atoms with Gasteiger partial charge in [0.25, 0.3) is 0 Å². The number of allylic oxidation sites excluding steroid dienone is 6. The number of aliphatic hydroxyl groups excluding tert-OH is 2. The van der Waals surface area contributed by atoms with Crippen molar-refractivity contribution in [2.45, 2.75) is 327 Å². The summed E-state index contributed by atoms with van der Waals surface area (Å²) in [6.45, 7) is 5.98.